The molecule has 0 radical (unpaired) electrons. The summed E-state index contributed by atoms with van der Waals surface area (Å²) < 4.78 is 0. The van der Waals surface area contributed by atoms with Gasteiger partial charge in [-0.05, 0) is 48.4 Å². The second-order valence-electron chi connectivity index (χ2n) is 7.75. The molecule has 1 saturated heterocycles. The fraction of sp³-hybridized carbons (Fsp3) is 0.250. The van der Waals surface area contributed by atoms with Crippen molar-refractivity contribution < 1.29 is 0 Å². The Kier molecular flexibility index (Phi) is 4.94. The molecule has 1 N–H and O–H groups in total. The quantitative estimate of drug-likeness (QED) is 0.473. The summed E-state index contributed by atoms with van der Waals surface area (Å²) in [6.07, 6.45) is 7.18. The number of halogens is 1. The number of aromatic amines is 1. The SMILES string of the molecule is Clc1cccc(-c2c[nH]c3ncnc(N4CCC(Cc5ccccc5)CC4)c23)c1. The van der Waals surface area contributed by atoms with E-state index >= 15 is 0 Å². The molecule has 5 rings (SSSR count). The molecule has 146 valence electrons. The molecule has 0 atom stereocenters. The predicted octanol–water partition coefficient (Wildman–Crippen LogP) is 5.74. The van der Waals surface area contributed by atoms with E-state index < -0.39 is 0 Å². The molecule has 2 aromatic heterocycles. The van der Waals surface area contributed by atoms with Gasteiger partial charge >= 0.3 is 0 Å². The Morgan fingerprint density at radius 3 is 2.62 bits per heavy atom. The normalized spacial score (nSPS) is 15.1. The number of rotatable bonds is 4. The summed E-state index contributed by atoms with van der Waals surface area (Å²) in [6.45, 7) is 2.04. The highest BCUT2D eigenvalue weighted by atomic mass is 35.5. The van der Waals surface area contributed by atoms with Gasteiger partial charge in [0.05, 0.1) is 5.39 Å². The van der Waals surface area contributed by atoms with Crippen LogP contribution < -0.4 is 4.90 Å². The maximum Gasteiger partial charge on any atom is 0.143 e. The summed E-state index contributed by atoms with van der Waals surface area (Å²) in [5, 5.41) is 1.81. The Bertz CT molecular complexity index is 1110. The van der Waals surface area contributed by atoms with Crippen molar-refractivity contribution in [2.45, 2.75) is 19.3 Å². The van der Waals surface area contributed by atoms with Crippen molar-refractivity contribution in [1.82, 2.24) is 15.0 Å². The third-order valence-electron chi connectivity index (χ3n) is 5.87. The van der Waals surface area contributed by atoms with Gasteiger partial charge in [-0.1, -0.05) is 54.1 Å². The summed E-state index contributed by atoms with van der Waals surface area (Å²) in [6, 6.07) is 18.8. The number of H-pyrrole nitrogens is 1. The lowest BCUT2D eigenvalue weighted by Crippen LogP contribution is -2.35. The van der Waals surface area contributed by atoms with Crippen LogP contribution in [0.5, 0.6) is 0 Å². The molecule has 0 aliphatic carbocycles. The van der Waals surface area contributed by atoms with Gasteiger partial charge < -0.3 is 9.88 Å². The van der Waals surface area contributed by atoms with Crippen molar-refractivity contribution in [2.24, 2.45) is 5.92 Å². The van der Waals surface area contributed by atoms with Crippen LogP contribution in [0.25, 0.3) is 22.2 Å². The van der Waals surface area contributed by atoms with Crippen molar-refractivity contribution in [1.29, 1.82) is 0 Å². The zero-order valence-electron chi connectivity index (χ0n) is 16.2. The molecule has 0 unspecified atom stereocenters. The van der Waals surface area contributed by atoms with Gasteiger partial charge in [0.15, 0.2) is 0 Å². The fourth-order valence-corrected chi connectivity index (χ4v) is 4.56. The molecule has 1 aliphatic heterocycles. The first-order valence-electron chi connectivity index (χ1n) is 10.1. The van der Waals surface area contributed by atoms with Crippen molar-refractivity contribution in [2.75, 3.05) is 18.0 Å². The number of benzene rings is 2. The number of nitrogens with zero attached hydrogens (tertiary/aromatic N) is 3. The van der Waals surface area contributed by atoms with Gasteiger partial charge in [0, 0.05) is 29.9 Å². The van der Waals surface area contributed by atoms with E-state index in [2.05, 4.69) is 56.3 Å². The largest absolute Gasteiger partial charge is 0.356 e. The van der Waals surface area contributed by atoms with Crippen LogP contribution in [-0.4, -0.2) is 28.0 Å². The number of aromatic nitrogens is 3. The third-order valence-corrected chi connectivity index (χ3v) is 6.10. The van der Waals surface area contributed by atoms with Gasteiger partial charge in [-0.2, -0.15) is 0 Å². The molecule has 29 heavy (non-hydrogen) atoms. The number of anilines is 1. The average molecular weight is 403 g/mol. The average Bonchev–Trinajstić information content (AvgIpc) is 3.20. The van der Waals surface area contributed by atoms with Crippen LogP contribution in [0.15, 0.2) is 67.1 Å². The first kappa shape index (κ1) is 18.2. The highest BCUT2D eigenvalue weighted by molar-refractivity contribution is 6.31. The Hall–Kier alpha value is -2.85. The monoisotopic (exact) mass is 402 g/mol. The molecule has 0 spiro atoms. The first-order chi connectivity index (χ1) is 14.3. The zero-order chi connectivity index (χ0) is 19.6. The molecule has 2 aromatic carbocycles. The van der Waals surface area contributed by atoms with Crippen LogP contribution in [0.3, 0.4) is 0 Å². The summed E-state index contributed by atoms with van der Waals surface area (Å²) in [5.41, 5.74) is 4.49. The topological polar surface area (TPSA) is 44.8 Å². The molecule has 0 saturated carbocycles. The molecule has 4 aromatic rings. The van der Waals surface area contributed by atoms with E-state index in [9.17, 15) is 0 Å². The maximum absolute atomic E-state index is 6.23. The standard InChI is InChI=1S/C24H23ClN4/c25-20-8-4-7-19(14-20)21-15-26-23-22(21)24(28-16-27-23)29-11-9-18(10-12-29)13-17-5-2-1-3-6-17/h1-8,14-16,18H,9-13H2,(H,26,27,28). The molecule has 3 heterocycles. The Labute approximate surface area is 175 Å². The zero-order valence-corrected chi connectivity index (χ0v) is 16.9. The molecule has 5 heteroatoms. The summed E-state index contributed by atoms with van der Waals surface area (Å²) in [7, 11) is 0. The van der Waals surface area contributed by atoms with Crippen molar-refractivity contribution in [3.63, 3.8) is 0 Å². The summed E-state index contributed by atoms with van der Waals surface area (Å²) in [4.78, 5) is 14.8. The van der Waals surface area contributed by atoms with Crippen LogP contribution in [0, 0.1) is 5.92 Å². The first-order valence-corrected chi connectivity index (χ1v) is 10.5. The molecule has 0 bridgehead atoms. The lowest BCUT2D eigenvalue weighted by Gasteiger charge is -2.33. The van der Waals surface area contributed by atoms with E-state index in [4.69, 9.17) is 11.6 Å². The van der Waals surface area contributed by atoms with Gasteiger partial charge in [-0.25, -0.2) is 9.97 Å². The van der Waals surface area contributed by atoms with E-state index in [1.165, 1.54) is 18.4 Å². The van der Waals surface area contributed by atoms with Crippen LogP contribution in [0.4, 0.5) is 5.82 Å². The molecule has 1 fully saturated rings. The highest BCUT2D eigenvalue weighted by Crippen LogP contribution is 2.36. The van der Waals surface area contributed by atoms with Crippen LogP contribution in [0.1, 0.15) is 18.4 Å². The van der Waals surface area contributed by atoms with E-state index in [1.807, 2.05) is 24.4 Å². The van der Waals surface area contributed by atoms with Gasteiger partial charge in [-0.15, -0.1) is 0 Å². The van der Waals surface area contributed by atoms with E-state index in [0.717, 1.165) is 58.4 Å². The van der Waals surface area contributed by atoms with E-state index in [1.54, 1.807) is 6.33 Å². The fourth-order valence-electron chi connectivity index (χ4n) is 4.37. The minimum atomic E-state index is 0.726. The lowest BCUT2D eigenvalue weighted by atomic mass is 9.90. The number of fused-ring (bicyclic) bond motifs is 1. The number of hydrogen-bond acceptors (Lipinski definition) is 3. The van der Waals surface area contributed by atoms with Gasteiger partial charge in [0.25, 0.3) is 0 Å². The lowest BCUT2D eigenvalue weighted by molar-refractivity contribution is 0.402. The van der Waals surface area contributed by atoms with Gasteiger partial charge in [-0.3, -0.25) is 0 Å². The van der Waals surface area contributed by atoms with Crippen LogP contribution in [-0.2, 0) is 6.42 Å². The van der Waals surface area contributed by atoms with E-state index in [-0.39, 0.29) is 0 Å². The second kappa shape index (κ2) is 7.88. The summed E-state index contributed by atoms with van der Waals surface area (Å²) >= 11 is 6.23. The van der Waals surface area contributed by atoms with Gasteiger partial charge in [0.1, 0.15) is 17.8 Å². The minimum absolute atomic E-state index is 0.726. The van der Waals surface area contributed by atoms with Gasteiger partial charge in [0.2, 0.25) is 0 Å². The number of piperidine rings is 1. The second-order valence-corrected chi connectivity index (χ2v) is 8.19. The summed E-state index contributed by atoms with van der Waals surface area (Å²) in [5.74, 6) is 1.74. The molecule has 4 nitrogen and oxygen atoms in total. The molecular formula is C24H23ClN4. The molecular weight excluding hydrogens is 380 g/mol. The minimum Gasteiger partial charge on any atom is -0.356 e. The van der Waals surface area contributed by atoms with Crippen LogP contribution >= 0.6 is 11.6 Å². The Morgan fingerprint density at radius 2 is 1.83 bits per heavy atom. The third kappa shape index (κ3) is 3.73. The van der Waals surface area contributed by atoms with Crippen molar-refractivity contribution in [3.8, 4) is 11.1 Å². The van der Waals surface area contributed by atoms with Crippen molar-refractivity contribution >= 4 is 28.5 Å². The molecule has 1 aliphatic rings. The highest BCUT2D eigenvalue weighted by Gasteiger charge is 2.23. The Morgan fingerprint density at radius 1 is 1.00 bits per heavy atom. The molecule has 0 amide bonds. The maximum atomic E-state index is 6.23. The predicted molar refractivity (Wildman–Crippen MR) is 119 cm³/mol. The Balaban J connectivity index is 1.40. The van der Waals surface area contributed by atoms with E-state index in [0.29, 0.717) is 0 Å². The van der Waals surface area contributed by atoms with Crippen molar-refractivity contribution in [3.05, 3.63) is 77.7 Å². The van der Waals surface area contributed by atoms with Crippen LogP contribution in [0.2, 0.25) is 5.02 Å². The smallest absolute Gasteiger partial charge is 0.143 e. The number of nitrogens with one attached hydrogen (secondary N) is 1. The number of hydrogen-bond donors (Lipinski definition) is 1.